The highest BCUT2D eigenvalue weighted by Crippen LogP contribution is 2.34. The average Bonchev–Trinajstić information content (AvgIpc) is 2.16. The maximum Gasteiger partial charge on any atom is 0.0656 e. The van der Waals surface area contributed by atoms with Crippen LogP contribution < -0.4 is 5.32 Å². The van der Waals surface area contributed by atoms with Crippen LogP contribution in [0.5, 0.6) is 0 Å². The van der Waals surface area contributed by atoms with Crippen molar-refractivity contribution in [1.29, 1.82) is 5.26 Å². The molecule has 0 spiro atoms. The van der Waals surface area contributed by atoms with Gasteiger partial charge in [-0.3, -0.25) is 0 Å². The zero-order chi connectivity index (χ0) is 10.0. The molecule has 2 unspecified atom stereocenters. The summed E-state index contributed by atoms with van der Waals surface area (Å²) in [4.78, 5) is 0. The summed E-state index contributed by atoms with van der Waals surface area (Å²) in [5.41, 5.74) is 0.405. The van der Waals surface area contributed by atoms with Crippen LogP contribution in [0.3, 0.4) is 0 Å². The second-order valence-corrected chi connectivity index (χ2v) is 5.25. The van der Waals surface area contributed by atoms with Crippen LogP contribution in [0.4, 0.5) is 0 Å². The molecule has 2 heteroatoms. The maximum atomic E-state index is 8.90. The van der Waals surface area contributed by atoms with Gasteiger partial charge in [0, 0.05) is 17.5 Å². The SMILES string of the molecule is CC1(NC2CCCC(C#N)C2)CCC1. The molecule has 0 aromatic carbocycles. The quantitative estimate of drug-likeness (QED) is 0.730. The van der Waals surface area contributed by atoms with Crippen molar-refractivity contribution in [2.24, 2.45) is 5.92 Å². The minimum atomic E-state index is 0.310. The highest BCUT2D eigenvalue weighted by molar-refractivity contribution is 4.97. The number of nitrogens with one attached hydrogen (secondary N) is 1. The minimum absolute atomic E-state index is 0.310. The third-order valence-corrected chi connectivity index (χ3v) is 3.87. The molecule has 2 rings (SSSR count). The Bertz CT molecular complexity index is 237. The van der Waals surface area contributed by atoms with Crippen LogP contribution in [-0.4, -0.2) is 11.6 Å². The summed E-state index contributed by atoms with van der Waals surface area (Å²) in [5, 5.41) is 12.6. The van der Waals surface area contributed by atoms with Crippen molar-refractivity contribution in [3.63, 3.8) is 0 Å². The van der Waals surface area contributed by atoms with Crippen LogP contribution >= 0.6 is 0 Å². The number of hydrogen-bond donors (Lipinski definition) is 1. The van der Waals surface area contributed by atoms with E-state index in [4.69, 9.17) is 5.26 Å². The zero-order valence-corrected chi connectivity index (χ0v) is 9.05. The highest BCUT2D eigenvalue weighted by Gasteiger charge is 2.34. The summed E-state index contributed by atoms with van der Waals surface area (Å²) in [6.45, 7) is 2.33. The van der Waals surface area contributed by atoms with Crippen LogP contribution in [0.15, 0.2) is 0 Å². The first kappa shape index (κ1) is 9.98. The predicted molar refractivity (Wildman–Crippen MR) is 56.8 cm³/mol. The van der Waals surface area contributed by atoms with E-state index in [-0.39, 0.29) is 0 Å². The van der Waals surface area contributed by atoms with E-state index in [2.05, 4.69) is 18.3 Å². The first-order valence-electron chi connectivity index (χ1n) is 5.89. The Morgan fingerprint density at radius 1 is 1.29 bits per heavy atom. The Balaban J connectivity index is 1.83. The molecule has 14 heavy (non-hydrogen) atoms. The molecule has 2 saturated carbocycles. The number of nitriles is 1. The van der Waals surface area contributed by atoms with Gasteiger partial charge in [0.15, 0.2) is 0 Å². The monoisotopic (exact) mass is 192 g/mol. The molecule has 2 aliphatic rings. The van der Waals surface area contributed by atoms with Gasteiger partial charge in [-0.2, -0.15) is 5.26 Å². The second-order valence-electron chi connectivity index (χ2n) is 5.25. The molecule has 0 aromatic rings. The van der Waals surface area contributed by atoms with Gasteiger partial charge in [-0.15, -0.1) is 0 Å². The minimum Gasteiger partial charge on any atom is -0.309 e. The lowest BCUT2D eigenvalue weighted by Crippen LogP contribution is -2.53. The lowest BCUT2D eigenvalue weighted by atomic mass is 9.76. The molecule has 0 aliphatic heterocycles. The predicted octanol–water partition coefficient (Wildman–Crippen LogP) is 2.60. The molecule has 2 aliphatic carbocycles. The fourth-order valence-electron chi connectivity index (χ4n) is 2.78. The molecule has 0 amide bonds. The first-order chi connectivity index (χ1) is 6.72. The lowest BCUT2D eigenvalue weighted by Gasteiger charge is -2.43. The Kier molecular flexibility index (Phi) is 2.78. The molecule has 2 atom stereocenters. The van der Waals surface area contributed by atoms with Crippen LogP contribution in [0.1, 0.15) is 51.9 Å². The molecule has 0 aromatic heterocycles. The van der Waals surface area contributed by atoms with Crippen molar-refractivity contribution >= 4 is 0 Å². The summed E-state index contributed by atoms with van der Waals surface area (Å²) in [6.07, 6.45) is 8.70. The summed E-state index contributed by atoms with van der Waals surface area (Å²) in [7, 11) is 0. The van der Waals surface area contributed by atoms with Crippen molar-refractivity contribution in [3.8, 4) is 6.07 Å². The molecule has 0 heterocycles. The van der Waals surface area contributed by atoms with Crippen LogP contribution in [-0.2, 0) is 0 Å². The van der Waals surface area contributed by atoms with E-state index >= 15 is 0 Å². The first-order valence-corrected chi connectivity index (χ1v) is 5.89. The van der Waals surface area contributed by atoms with E-state index in [1.807, 2.05) is 0 Å². The summed E-state index contributed by atoms with van der Waals surface area (Å²) >= 11 is 0. The topological polar surface area (TPSA) is 35.8 Å². The van der Waals surface area contributed by atoms with Gasteiger partial charge in [0.2, 0.25) is 0 Å². The third kappa shape index (κ3) is 2.09. The van der Waals surface area contributed by atoms with Crippen LogP contribution in [0.2, 0.25) is 0 Å². The van der Waals surface area contributed by atoms with Gasteiger partial charge in [0.1, 0.15) is 0 Å². The lowest BCUT2D eigenvalue weighted by molar-refractivity contribution is 0.161. The molecule has 78 valence electrons. The van der Waals surface area contributed by atoms with E-state index in [1.165, 1.54) is 32.1 Å². The number of nitrogens with zero attached hydrogens (tertiary/aromatic N) is 1. The molecule has 0 radical (unpaired) electrons. The van der Waals surface area contributed by atoms with Crippen molar-refractivity contribution < 1.29 is 0 Å². The molecular weight excluding hydrogens is 172 g/mol. The molecule has 2 fully saturated rings. The number of hydrogen-bond acceptors (Lipinski definition) is 2. The van der Waals surface area contributed by atoms with Crippen molar-refractivity contribution in [2.45, 2.75) is 63.5 Å². The Morgan fingerprint density at radius 3 is 2.64 bits per heavy atom. The molecule has 1 N–H and O–H groups in total. The number of rotatable bonds is 2. The molecule has 0 saturated heterocycles. The molecule has 0 bridgehead atoms. The summed E-state index contributed by atoms with van der Waals surface area (Å²) < 4.78 is 0. The van der Waals surface area contributed by atoms with Crippen molar-refractivity contribution in [2.75, 3.05) is 0 Å². The Labute approximate surface area is 86.7 Å². The maximum absolute atomic E-state index is 8.90. The zero-order valence-electron chi connectivity index (χ0n) is 9.05. The van der Waals surface area contributed by atoms with Crippen molar-refractivity contribution in [1.82, 2.24) is 5.32 Å². The van der Waals surface area contributed by atoms with E-state index in [1.54, 1.807) is 0 Å². The smallest absolute Gasteiger partial charge is 0.0656 e. The van der Waals surface area contributed by atoms with Gasteiger partial charge in [-0.05, 0) is 45.4 Å². The van der Waals surface area contributed by atoms with E-state index in [0.717, 1.165) is 12.8 Å². The van der Waals surface area contributed by atoms with Crippen LogP contribution in [0.25, 0.3) is 0 Å². The molecule has 2 nitrogen and oxygen atoms in total. The average molecular weight is 192 g/mol. The largest absolute Gasteiger partial charge is 0.309 e. The summed E-state index contributed by atoms with van der Waals surface area (Å²) in [5.74, 6) is 0.310. The van der Waals surface area contributed by atoms with E-state index in [0.29, 0.717) is 17.5 Å². The standard InChI is InChI=1S/C12H20N2/c1-12(6-3-7-12)14-11-5-2-4-10(8-11)9-13/h10-11,14H,2-8H2,1H3. The fourth-order valence-corrected chi connectivity index (χ4v) is 2.78. The highest BCUT2D eigenvalue weighted by atomic mass is 15.0. The van der Waals surface area contributed by atoms with Gasteiger partial charge in [-0.25, -0.2) is 0 Å². The van der Waals surface area contributed by atoms with Gasteiger partial charge in [0.25, 0.3) is 0 Å². The van der Waals surface area contributed by atoms with Gasteiger partial charge in [-0.1, -0.05) is 6.42 Å². The Morgan fingerprint density at radius 2 is 2.07 bits per heavy atom. The fraction of sp³-hybridized carbons (Fsp3) is 0.917. The van der Waals surface area contributed by atoms with Crippen molar-refractivity contribution in [3.05, 3.63) is 0 Å². The van der Waals surface area contributed by atoms with Crippen LogP contribution in [0, 0.1) is 17.2 Å². The Hall–Kier alpha value is -0.550. The second kappa shape index (κ2) is 3.90. The summed E-state index contributed by atoms with van der Waals surface area (Å²) in [6, 6.07) is 3.03. The van der Waals surface area contributed by atoms with Gasteiger partial charge < -0.3 is 5.32 Å². The van der Waals surface area contributed by atoms with Gasteiger partial charge >= 0.3 is 0 Å². The third-order valence-electron chi connectivity index (χ3n) is 3.87. The van der Waals surface area contributed by atoms with E-state index < -0.39 is 0 Å². The normalized spacial score (nSPS) is 35.7. The van der Waals surface area contributed by atoms with Gasteiger partial charge in [0.05, 0.1) is 6.07 Å². The van der Waals surface area contributed by atoms with E-state index in [9.17, 15) is 0 Å². The molecular formula is C12H20N2.